The summed E-state index contributed by atoms with van der Waals surface area (Å²) >= 11 is 0. The third-order valence-electron chi connectivity index (χ3n) is 2.94. The summed E-state index contributed by atoms with van der Waals surface area (Å²) in [6.07, 6.45) is -5.43. The van der Waals surface area contributed by atoms with Crippen LogP contribution in [0.1, 0.15) is 17.9 Å². The summed E-state index contributed by atoms with van der Waals surface area (Å²) in [6.45, 7) is -0.262. The highest BCUT2D eigenvalue weighted by Gasteiger charge is 2.38. The van der Waals surface area contributed by atoms with Crippen LogP contribution in [0.4, 0.5) is 13.2 Å². The summed E-state index contributed by atoms with van der Waals surface area (Å²) < 4.78 is 68.1. The molecule has 8 heteroatoms. The molecule has 1 aromatic rings. The van der Waals surface area contributed by atoms with Gasteiger partial charge in [-0.3, -0.25) is 0 Å². The number of methoxy groups -OCH3 is 1. The fourth-order valence-electron chi connectivity index (χ4n) is 2.08. The second-order valence-electron chi connectivity index (χ2n) is 4.27. The number of benzene rings is 1. The van der Waals surface area contributed by atoms with Crippen molar-refractivity contribution in [3.8, 4) is 5.75 Å². The minimum absolute atomic E-state index is 0.117. The van der Waals surface area contributed by atoms with Crippen LogP contribution in [0.25, 0.3) is 0 Å². The molecule has 1 aliphatic rings. The van der Waals surface area contributed by atoms with Crippen LogP contribution in [-0.2, 0) is 10.0 Å². The van der Waals surface area contributed by atoms with Crippen molar-refractivity contribution >= 4 is 10.0 Å². The van der Waals surface area contributed by atoms with Gasteiger partial charge >= 0.3 is 6.18 Å². The maximum atomic E-state index is 12.5. The van der Waals surface area contributed by atoms with Gasteiger partial charge in [0.2, 0.25) is 10.0 Å². The second kappa shape index (κ2) is 4.68. The first-order valence-electron chi connectivity index (χ1n) is 5.47. The van der Waals surface area contributed by atoms with Gasteiger partial charge in [0.1, 0.15) is 5.75 Å². The molecular weight excluding hydrogens is 283 g/mol. The van der Waals surface area contributed by atoms with E-state index in [1.165, 1.54) is 25.3 Å². The molecule has 4 nitrogen and oxygen atoms in total. The van der Waals surface area contributed by atoms with Crippen LogP contribution in [0.15, 0.2) is 23.1 Å². The van der Waals surface area contributed by atoms with Crippen LogP contribution in [0, 0.1) is 0 Å². The van der Waals surface area contributed by atoms with Crippen LogP contribution in [0.2, 0.25) is 0 Å². The quantitative estimate of drug-likeness (QED) is 0.908. The van der Waals surface area contributed by atoms with Crippen molar-refractivity contribution in [3.63, 3.8) is 0 Å². The van der Waals surface area contributed by atoms with Crippen molar-refractivity contribution < 1.29 is 26.3 Å². The monoisotopic (exact) mass is 295 g/mol. The smallest absolute Gasteiger partial charge is 0.389 e. The Morgan fingerprint density at radius 3 is 2.68 bits per heavy atom. The van der Waals surface area contributed by atoms with Gasteiger partial charge in [0, 0.05) is 12.5 Å². The van der Waals surface area contributed by atoms with Gasteiger partial charge in [-0.1, -0.05) is 0 Å². The molecule has 2 rings (SSSR count). The molecule has 0 spiro atoms. The minimum Gasteiger partial charge on any atom is -0.497 e. The van der Waals surface area contributed by atoms with Gasteiger partial charge in [-0.15, -0.1) is 0 Å². The lowest BCUT2D eigenvalue weighted by Crippen LogP contribution is -2.36. The lowest BCUT2D eigenvalue weighted by atomic mass is 9.95. The SMILES string of the molecule is COc1ccc2c(c1)C(CC(F)(F)F)CNS2(=O)=O. The molecule has 0 fully saturated rings. The fourth-order valence-corrected chi connectivity index (χ4v) is 3.44. The first-order valence-corrected chi connectivity index (χ1v) is 6.95. The van der Waals surface area contributed by atoms with E-state index in [0.717, 1.165) is 0 Å². The molecule has 19 heavy (non-hydrogen) atoms. The van der Waals surface area contributed by atoms with Crippen molar-refractivity contribution in [1.82, 2.24) is 4.72 Å². The van der Waals surface area contributed by atoms with E-state index >= 15 is 0 Å². The van der Waals surface area contributed by atoms with E-state index in [2.05, 4.69) is 4.72 Å². The molecule has 0 amide bonds. The molecule has 0 bridgehead atoms. The molecular formula is C11H12F3NO3S. The number of halogens is 3. The van der Waals surface area contributed by atoms with E-state index in [-0.39, 0.29) is 17.0 Å². The van der Waals surface area contributed by atoms with Crippen LogP contribution < -0.4 is 9.46 Å². The molecule has 0 saturated heterocycles. The topological polar surface area (TPSA) is 55.4 Å². The van der Waals surface area contributed by atoms with Crippen molar-refractivity contribution in [2.75, 3.05) is 13.7 Å². The van der Waals surface area contributed by atoms with Gasteiger partial charge in [-0.25, -0.2) is 13.1 Å². The number of fused-ring (bicyclic) bond motifs is 1. The fraction of sp³-hybridized carbons (Fsp3) is 0.455. The lowest BCUT2D eigenvalue weighted by molar-refractivity contribution is -0.138. The summed E-state index contributed by atoms with van der Waals surface area (Å²) in [4.78, 5) is -0.117. The van der Waals surface area contributed by atoms with E-state index in [1.807, 2.05) is 0 Å². The van der Waals surface area contributed by atoms with Gasteiger partial charge in [0.25, 0.3) is 0 Å². The summed E-state index contributed by atoms with van der Waals surface area (Å²) in [6, 6.07) is 4.02. The molecule has 0 aliphatic carbocycles. The molecule has 0 aromatic heterocycles. The van der Waals surface area contributed by atoms with E-state index < -0.39 is 28.5 Å². The van der Waals surface area contributed by atoms with Gasteiger partial charge in [-0.2, -0.15) is 13.2 Å². The van der Waals surface area contributed by atoms with E-state index in [0.29, 0.717) is 5.75 Å². The predicted molar refractivity (Wildman–Crippen MR) is 61.6 cm³/mol. The van der Waals surface area contributed by atoms with Crippen molar-refractivity contribution in [3.05, 3.63) is 23.8 Å². The summed E-state index contributed by atoms with van der Waals surface area (Å²) in [5.74, 6) is -0.600. The highest BCUT2D eigenvalue weighted by Crippen LogP contribution is 2.37. The van der Waals surface area contributed by atoms with E-state index in [4.69, 9.17) is 4.74 Å². The Labute approximate surface area is 108 Å². The van der Waals surface area contributed by atoms with Crippen LogP contribution in [-0.4, -0.2) is 28.2 Å². The van der Waals surface area contributed by atoms with E-state index in [1.54, 1.807) is 0 Å². The molecule has 0 saturated carbocycles. The highest BCUT2D eigenvalue weighted by atomic mass is 32.2. The number of ether oxygens (including phenoxy) is 1. The summed E-state index contributed by atoms with van der Waals surface area (Å²) in [5.41, 5.74) is 0.149. The standard InChI is InChI=1S/C11H12F3NO3S/c1-18-8-2-3-10-9(4-8)7(5-11(12,13)14)6-15-19(10,16)17/h2-4,7,15H,5-6H2,1H3. The number of hydrogen-bond donors (Lipinski definition) is 1. The van der Waals surface area contributed by atoms with Gasteiger partial charge in [0.15, 0.2) is 0 Å². The summed E-state index contributed by atoms with van der Waals surface area (Å²) in [7, 11) is -2.36. The Kier molecular flexibility index (Phi) is 3.48. The van der Waals surface area contributed by atoms with Crippen LogP contribution in [0.3, 0.4) is 0 Å². The molecule has 1 N–H and O–H groups in total. The molecule has 1 heterocycles. The minimum atomic E-state index is -4.35. The Bertz CT molecular complexity index is 583. The number of rotatable bonds is 2. The maximum absolute atomic E-state index is 12.5. The number of hydrogen-bond acceptors (Lipinski definition) is 3. The van der Waals surface area contributed by atoms with E-state index in [9.17, 15) is 21.6 Å². The Morgan fingerprint density at radius 2 is 2.11 bits per heavy atom. The average Bonchev–Trinajstić information content (AvgIpc) is 2.31. The molecule has 106 valence electrons. The number of sulfonamides is 1. The first-order chi connectivity index (χ1) is 8.73. The van der Waals surface area contributed by atoms with Gasteiger partial charge in [-0.05, 0) is 23.8 Å². The van der Waals surface area contributed by atoms with Crippen molar-refractivity contribution in [1.29, 1.82) is 0 Å². The van der Waals surface area contributed by atoms with Crippen LogP contribution in [0.5, 0.6) is 5.75 Å². The zero-order valence-corrected chi connectivity index (χ0v) is 10.8. The third-order valence-corrected chi connectivity index (χ3v) is 4.44. The third kappa shape index (κ3) is 3.01. The predicted octanol–water partition coefficient (Wildman–Crippen LogP) is 2.02. The van der Waals surface area contributed by atoms with Gasteiger partial charge in [0.05, 0.1) is 18.4 Å². The summed E-state index contributed by atoms with van der Waals surface area (Å²) in [5, 5.41) is 0. The Morgan fingerprint density at radius 1 is 1.42 bits per heavy atom. The zero-order chi connectivity index (χ0) is 14.3. The molecule has 1 unspecified atom stereocenters. The number of alkyl halides is 3. The molecule has 0 radical (unpaired) electrons. The molecule has 1 aliphatic heterocycles. The lowest BCUT2D eigenvalue weighted by Gasteiger charge is -2.27. The maximum Gasteiger partial charge on any atom is 0.389 e. The average molecular weight is 295 g/mol. The Balaban J connectivity index is 2.48. The molecule has 1 atom stereocenters. The number of nitrogens with one attached hydrogen (secondary N) is 1. The highest BCUT2D eigenvalue weighted by molar-refractivity contribution is 7.89. The largest absolute Gasteiger partial charge is 0.497 e. The normalized spacial score (nSPS) is 21.8. The van der Waals surface area contributed by atoms with Crippen LogP contribution >= 0.6 is 0 Å². The first kappa shape index (κ1) is 14.1. The zero-order valence-electron chi connectivity index (χ0n) is 9.99. The Hall–Kier alpha value is -1.28. The van der Waals surface area contributed by atoms with Crippen molar-refractivity contribution in [2.24, 2.45) is 0 Å². The molecule has 1 aromatic carbocycles. The van der Waals surface area contributed by atoms with Crippen molar-refractivity contribution in [2.45, 2.75) is 23.4 Å². The van der Waals surface area contributed by atoms with Gasteiger partial charge < -0.3 is 4.74 Å². The second-order valence-corrected chi connectivity index (χ2v) is 6.01.